The van der Waals surface area contributed by atoms with Gasteiger partial charge in [0.15, 0.2) is 0 Å². The van der Waals surface area contributed by atoms with Crippen LogP contribution < -0.4 is 5.32 Å². The molecule has 3 aromatic rings. The number of amides is 1. The first kappa shape index (κ1) is 21.9. The second-order valence-electron chi connectivity index (χ2n) is 7.74. The number of hydrogen-bond donors (Lipinski definition) is 1. The zero-order chi connectivity index (χ0) is 22.7. The van der Waals surface area contributed by atoms with Crippen molar-refractivity contribution in [3.05, 3.63) is 48.1 Å². The molecule has 0 unspecified atom stereocenters. The molecule has 8 nitrogen and oxygen atoms in total. The average molecular weight is 446 g/mol. The van der Waals surface area contributed by atoms with Crippen molar-refractivity contribution in [3.63, 3.8) is 0 Å². The van der Waals surface area contributed by atoms with Crippen molar-refractivity contribution >= 4 is 5.91 Å². The molecular formula is C21H21F3N6O2. The number of rotatable bonds is 5. The van der Waals surface area contributed by atoms with E-state index in [1.54, 1.807) is 12.1 Å². The van der Waals surface area contributed by atoms with Gasteiger partial charge in [-0.25, -0.2) is 0 Å². The van der Waals surface area contributed by atoms with Gasteiger partial charge in [0.05, 0.1) is 11.4 Å². The highest BCUT2D eigenvalue weighted by Crippen LogP contribution is 2.30. The zero-order valence-corrected chi connectivity index (χ0v) is 17.3. The van der Waals surface area contributed by atoms with Gasteiger partial charge in [-0.05, 0) is 63.2 Å². The lowest BCUT2D eigenvalue weighted by Gasteiger charge is -2.28. The van der Waals surface area contributed by atoms with Crippen LogP contribution in [0, 0.1) is 5.92 Å². The molecule has 0 atom stereocenters. The molecule has 1 saturated heterocycles. The predicted octanol–water partition coefficient (Wildman–Crippen LogP) is 3.28. The molecule has 1 amide bonds. The van der Waals surface area contributed by atoms with Crippen molar-refractivity contribution in [1.82, 2.24) is 30.3 Å². The summed E-state index contributed by atoms with van der Waals surface area (Å²) in [4.78, 5) is 26.7. The molecule has 1 N–H and O–H groups in total. The van der Waals surface area contributed by atoms with Gasteiger partial charge in [0.25, 0.3) is 5.91 Å². The van der Waals surface area contributed by atoms with E-state index in [9.17, 15) is 18.0 Å². The summed E-state index contributed by atoms with van der Waals surface area (Å²) in [7, 11) is 2.09. The Balaban J connectivity index is 1.48. The molecule has 4 rings (SSSR count). The van der Waals surface area contributed by atoms with Crippen LogP contribution in [0.5, 0.6) is 0 Å². The Morgan fingerprint density at radius 3 is 2.53 bits per heavy atom. The van der Waals surface area contributed by atoms with E-state index in [-0.39, 0.29) is 17.3 Å². The number of carbonyl (C=O) groups is 1. The van der Waals surface area contributed by atoms with Crippen LogP contribution in [0.15, 0.2) is 41.2 Å². The molecule has 0 saturated carbocycles. The number of carbonyl (C=O) groups excluding carboxylic acids is 1. The third-order valence-corrected chi connectivity index (χ3v) is 5.36. The second kappa shape index (κ2) is 9.03. The Hall–Kier alpha value is -3.34. The summed E-state index contributed by atoms with van der Waals surface area (Å²) in [5, 5.41) is 6.36. The summed E-state index contributed by atoms with van der Waals surface area (Å²) in [5.74, 6) is -1.40. The van der Waals surface area contributed by atoms with Gasteiger partial charge in [-0.1, -0.05) is 5.16 Å². The monoisotopic (exact) mass is 446 g/mol. The van der Waals surface area contributed by atoms with Crippen molar-refractivity contribution in [2.45, 2.75) is 19.0 Å². The van der Waals surface area contributed by atoms with Crippen LogP contribution in [-0.2, 0) is 6.18 Å². The maximum Gasteiger partial charge on any atom is 0.471 e. The lowest BCUT2D eigenvalue weighted by Crippen LogP contribution is -2.36. The Kier molecular flexibility index (Phi) is 6.17. The normalized spacial score (nSPS) is 15.6. The molecular weight excluding hydrogens is 425 g/mol. The fourth-order valence-corrected chi connectivity index (χ4v) is 3.48. The number of piperidine rings is 1. The van der Waals surface area contributed by atoms with E-state index in [2.05, 4.69) is 41.9 Å². The minimum absolute atomic E-state index is 0.211. The number of likely N-dealkylation sites (tertiary alicyclic amines) is 1. The first-order valence-electron chi connectivity index (χ1n) is 10.1. The largest absolute Gasteiger partial charge is 0.471 e. The second-order valence-corrected chi connectivity index (χ2v) is 7.74. The third kappa shape index (κ3) is 5.10. The lowest BCUT2D eigenvalue weighted by atomic mass is 9.97. The van der Waals surface area contributed by atoms with Crippen molar-refractivity contribution < 1.29 is 22.5 Å². The molecule has 1 fully saturated rings. The Morgan fingerprint density at radius 2 is 1.84 bits per heavy atom. The van der Waals surface area contributed by atoms with E-state index >= 15 is 0 Å². The van der Waals surface area contributed by atoms with Gasteiger partial charge in [-0.15, -0.1) is 0 Å². The molecule has 0 aromatic carbocycles. The van der Waals surface area contributed by atoms with Crippen LogP contribution >= 0.6 is 0 Å². The summed E-state index contributed by atoms with van der Waals surface area (Å²) in [6.45, 7) is 2.65. The van der Waals surface area contributed by atoms with Crippen LogP contribution in [0.3, 0.4) is 0 Å². The topological polar surface area (TPSA) is 97.0 Å². The quantitative estimate of drug-likeness (QED) is 0.642. The molecule has 32 heavy (non-hydrogen) atoms. The van der Waals surface area contributed by atoms with Crippen LogP contribution in [0.2, 0.25) is 0 Å². The van der Waals surface area contributed by atoms with Crippen molar-refractivity contribution in [2.75, 3.05) is 26.7 Å². The molecule has 0 radical (unpaired) electrons. The summed E-state index contributed by atoms with van der Waals surface area (Å²) < 4.78 is 42.4. The smallest absolute Gasteiger partial charge is 0.352 e. The van der Waals surface area contributed by atoms with E-state index in [0.29, 0.717) is 29.4 Å². The highest BCUT2D eigenvalue weighted by Gasteiger charge is 2.38. The van der Waals surface area contributed by atoms with E-state index in [1.807, 2.05) is 0 Å². The number of nitrogens with zero attached hydrogens (tertiary/aromatic N) is 5. The highest BCUT2D eigenvalue weighted by atomic mass is 19.4. The first-order chi connectivity index (χ1) is 15.3. The predicted molar refractivity (Wildman–Crippen MR) is 108 cm³/mol. The maximum absolute atomic E-state index is 12.7. The molecule has 3 aromatic heterocycles. The molecule has 0 bridgehead atoms. The number of aromatic nitrogens is 4. The van der Waals surface area contributed by atoms with Gasteiger partial charge in [-0.3, -0.25) is 14.8 Å². The third-order valence-electron chi connectivity index (χ3n) is 5.36. The summed E-state index contributed by atoms with van der Waals surface area (Å²) in [6.07, 6.45) is 0.257. The average Bonchev–Trinajstić information content (AvgIpc) is 3.30. The fourth-order valence-electron chi connectivity index (χ4n) is 3.48. The Labute approximate surface area is 181 Å². The summed E-state index contributed by atoms with van der Waals surface area (Å²) in [5.41, 5.74) is 1.48. The van der Waals surface area contributed by atoms with Crippen LogP contribution in [0.25, 0.3) is 22.8 Å². The van der Waals surface area contributed by atoms with E-state index < -0.39 is 12.1 Å². The SMILES string of the molecule is CN1CCC(CNC(=O)c2ccnc(-c3cc(-c4noc(C(F)(F)F)n4)ccn3)c2)CC1. The lowest BCUT2D eigenvalue weighted by molar-refractivity contribution is -0.159. The zero-order valence-electron chi connectivity index (χ0n) is 17.3. The van der Waals surface area contributed by atoms with Gasteiger partial charge in [0, 0.05) is 30.1 Å². The Morgan fingerprint density at radius 1 is 1.16 bits per heavy atom. The Bertz CT molecular complexity index is 1090. The molecule has 4 heterocycles. The van der Waals surface area contributed by atoms with Crippen molar-refractivity contribution in [1.29, 1.82) is 0 Å². The van der Waals surface area contributed by atoms with Crippen molar-refractivity contribution in [3.8, 4) is 22.8 Å². The van der Waals surface area contributed by atoms with E-state index in [0.717, 1.165) is 25.9 Å². The van der Waals surface area contributed by atoms with Crippen LogP contribution in [0.1, 0.15) is 29.1 Å². The minimum atomic E-state index is -4.72. The van der Waals surface area contributed by atoms with Gasteiger partial charge < -0.3 is 14.7 Å². The highest BCUT2D eigenvalue weighted by molar-refractivity contribution is 5.95. The van der Waals surface area contributed by atoms with Gasteiger partial charge in [0.2, 0.25) is 5.82 Å². The number of hydrogen-bond acceptors (Lipinski definition) is 7. The number of nitrogens with one attached hydrogen (secondary N) is 1. The van der Waals surface area contributed by atoms with E-state index in [4.69, 9.17) is 0 Å². The van der Waals surface area contributed by atoms with Crippen molar-refractivity contribution in [2.24, 2.45) is 5.92 Å². The standard InChI is InChI=1S/C21H21F3N6O2/c1-30-8-4-13(5-9-30)12-27-19(31)15-3-7-26-17(11-15)16-10-14(2-6-25-16)18-28-20(32-29-18)21(22,23)24/h2-3,6-7,10-11,13H,4-5,8-9,12H2,1H3,(H,27,31). The molecule has 168 valence electrons. The fraction of sp³-hybridized carbons (Fsp3) is 0.381. The van der Waals surface area contributed by atoms with Gasteiger partial charge in [0.1, 0.15) is 0 Å². The maximum atomic E-state index is 12.7. The molecule has 0 spiro atoms. The first-order valence-corrected chi connectivity index (χ1v) is 10.1. The van der Waals surface area contributed by atoms with Crippen LogP contribution in [-0.4, -0.2) is 57.6 Å². The van der Waals surface area contributed by atoms with Gasteiger partial charge in [-0.2, -0.15) is 18.2 Å². The van der Waals surface area contributed by atoms with E-state index in [1.165, 1.54) is 24.5 Å². The van der Waals surface area contributed by atoms with Crippen LogP contribution in [0.4, 0.5) is 13.2 Å². The number of pyridine rings is 2. The summed E-state index contributed by atoms with van der Waals surface area (Å²) in [6, 6.07) is 6.15. The molecule has 1 aliphatic rings. The molecule has 0 aliphatic carbocycles. The minimum Gasteiger partial charge on any atom is -0.352 e. The number of halogens is 3. The molecule has 11 heteroatoms. The summed E-state index contributed by atoms with van der Waals surface area (Å²) >= 11 is 0. The molecule has 1 aliphatic heterocycles. The number of alkyl halides is 3. The van der Waals surface area contributed by atoms with Gasteiger partial charge >= 0.3 is 12.1 Å².